The number of hydrogen-bond acceptors (Lipinski definition) is 6. The molecule has 1 amide bonds. The second kappa shape index (κ2) is 11.6. The van der Waals surface area contributed by atoms with E-state index in [1.165, 1.54) is 11.8 Å². The van der Waals surface area contributed by atoms with Crippen LogP contribution in [0.2, 0.25) is 10.0 Å². The third kappa shape index (κ3) is 6.09. The number of benzene rings is 2. The quantitative estimate of drug-likeness (QED) is 0.237. The van der Waals surface area contributed by atoms with Crippen LogP contribution in [0.1, 0.15) is 30.9 Å². The van der Waals surface area contributed by atoms with Gasteiger partial charge in [0.25, 0.3) is 5.91 Å². The molecule has 2 aromatic rings. The first-order chi connectivity index (χ1) is 16.4. The SMILES string of the molecule is CCOc1cc(/C=C2\SC(=S)N(C[C@@H]3CCCO3)C2=O)cc(Br)c1OCc1ccc(Cl)c(Cl)c1. The number of nitrogens with zero attached hydrogens (tertiary/aromatic N) is 1. The van der Waals surface area contributed by atoms with Gasteiger partial charge in [0.05, 0.1) is 38.7 Å². The van der Waals surface area contributed by atoms with Crippen LogP contribution in [-0.4, -0.2) is 41.0 Å². The number of halogens is 3. The van der Waals surface area contributed by atoms with Gasteiger partial charge in [0.2, 0.25) is 0 Å². The molecule has 0 N–H and O–H groups in total. The maximum atomic E-state index is 13.0. The number of thiocarbonyl (C=S) groups is 1. The van der Waals surface area contributed by atoms with Gasteiger partial charge in [-0.3, -0.25) is 9.69 Å². The summed E-state index contributed by atoms with van der Waals surface area (Å²) in [6.07, 6.45) is 3.84. The van der Waals surface area contributed by atoms with E-state index < -0.39 is 0 Å². The molecule has 0 saturated carbocycles. The van der Waals surface area contributed by atoms with Gasteiger partial charge < -0.3 is 14.2 Å². The number of rotatable bonds is 8. The monoisotopic (exact) mass is 601 g/mol. The Bertz CT molecular complexity index is 1140. The van der Waals surface area contributed by atoms with Gasteiger partial charge in [0.1, 0.15) is 10.9 Å². The molecular formula is C24H22BrCl2NO4S2. The van der Waals surface area contributed by atoms with E-state index >= 15 is 0 Å². The molecule has 2 aliphatic heterocycles. The predicted octanol–water partition coefficient (Wildman–Crippen LogP) is 7.11. The minimum atomic E-state index is -0.0977. The summed E-state index contributed by atoms with van der Waals surface area (Å²) in [6.45, 7) is 3.89. The van der Waals surface area contributed by atoms with Gasteiger partial charge in [-0.1, -0.05) is 53.2 Å². The van der Waals surface area contributed by atoms with Crippen molar-refractivity contribution in [3.8, 4) is 11.5 Å². The van der Waals surface area contributed by atoms with E-state index in [4.69, 9.17) is 49.6 Å². The Morgan fingerprint density at radius 2 is 2.09 bits per heavy atom. The van der Waals surface area contributed by atoms with E-state index in [1.807, 2.05) is 31.2 Å². The van der Waals surface area contributed by atoms with E-state index in [2.05, 4.69) is 15.9 Å². The average Bonchev–Trinajstić information content (AvgIpc) is 3.40. The summed E-state index contributed by atoms with van der Waals surface area (Å²) < 4.78 is 18.8. The fourth-order valence-corrected chi connectivity index (χ4v) is 5.83. The highest BCUT2D eigenvalue weighted by molar-refractivity contribution is 9.10. The van der Waals surface area contributed by atoms with Crippen LogP contribution in [0.3, 0.4) is 0 Å². The van der Waals surface area contributed by atoms with Crippen molar-refractivity contribution in [2.24, 2.45) is 0 Å². The summed E-state index contributed by atoms with van der Waals surface area (Å²) in [5.74, 6) is 1.04. The number of carbonyl (C=O) groups excluding carboxylic acids is 1. The van der Waals surface area contributed by atoms with Crippen molar-refractivity contribution in [2.75, 3.05) is 19.8 Å². The van der Waals surface area contributed by atoms with Gasteiger partial charge in [-0.2, -0.15) is 0 Å². The molecule has 2 aliphatic rings. The first-order valence-electron chi connectivity index (χ1n) is 10.8. The van der Waals surface area contributed by atoms with Gasteiger partial charge in [0, 0.05) is 6.61 Å². The lowest BCUT2D eigenvalue weighted by molar-refractivity contribution is -0.123. The molecule has 1 atom stereocenters. The number of hydrogen-bond donors (Lipinski definition) is 0. The Kier molecular flexibility index (Phi) is 8.82. The van der Waals surface area contributed by atoms with Gasteiger partial charge in [-0.25, -0.2) is 0 Å². The second-order valence-corrected chi connectivity index (χ2v) is 11.1. The molecule has 5 nitrogen and oxygen atoms in total. The highest BCUT2D eigenvalue weighted by atomic mass is 79.9. The lowest BCUT2D eigenvalue weighted by Crippen LogP contribution is -2.35. The lowest BCUT2D eigenvalue weighted by Gasteiger charge is -2.18. The molecule has 0 spiro atoms. The summed E-state index contributed by atoms with van der Waals surface area (Å²) in [4.78, 5) is 15.2. The normalized spacial score (nSPS) is 19.4. The molecule has 34 heavy (non-hydrogen) atoms. The Morgan fingerprint density at radius 3 is 2.79 bits per heavy atom. The first-order valence-corrected chi connectivity index (χ1v) is 13.5. The third-order valence-electron chi connectivity index (χ3n) is 5.28. The molecule has 0 radical (unpaired) electrons. The topological polar surface area (TPSA) is 48.0 Å². The summed E-state index contributed by atoms with van der Waals surface area (Å²) >= 11 is 22.5. The molecule has 4 rings (SSSR count). The van der Waals surface area contributed by atoms with Crippen molar-refractivity contribution in [3.63, 3.8) is 0 Å². The minimum absolute atomic E-state index is 0.0486. The summed E-state index contributed by atoms with van der Waals surface area (Å²) in [7, 11) is 0. The van der Waals surface area contributed by atoms with Crippen LogP contribution < -0.4 is 9.47 Å². The molecule has 2 heterocycles. The first kappa shape index (κ1) is 25.8. The Hall–Kier alpha value is -1.29. The zero-order chi connectivity index (χ0) is 24.2. The van der Waals surface area contributed by atoms with Gasteiger partial charge in [-0.15, -0.1) is 0 Å². The Balaban J connectivity index is 1.53. The van der Waals surface area contributed by atoms with Gasteiger partial charge in [-0.05, 0) is 77.2 Å². The summed E-state index contributed by atoms with van der Waals surface area (Å²) in [5.41, 5.74) is 1.68. The molecule has 0 aromatic heterocycles. The zero-order valence-corrected chi connectivity index (χ0v) is 23.0. The van der Waals surface area contributed by atoms with E-state index in [0.717, 1.165) is 30.6 Å². The van der Waals surface area contributed by atoms with Gasteiger partial charge >= 0.3 is 0 Å². The van der Waals surface area contributed by atoms with E-state index in [-0.39, 0.29) is 18.6 Å². The van der Waals surface area contributed by atoms with E-state index in [0.29, 0.717) is 48.4 Å². The van der Waals surface area contributed by atoms with E-state index in [1.54, 1.807) is 17.0 Å². The number of carbonyl (C=O) groups is 1. The zero-order valence-electron chi connectivity index (χ0n) is 18.3. The van der Waals surface area contributed by atoms with E-state index in [9.17, 15) is 4.79 Å². The predicted molar refractivity (Wildman–Crippen MR) is 145 cm³/mol. The van der Waals surface area contributed by atoms with Crippen molar-refractivity contribution in [2.45, 2.75) is 32.5 Å². The molecule has 0 aliphatic carbocycles. The van der Waals surface area contributed by atoms with Crippen LogP contribution in [0, 0.1) is 0 Å². The average molecular weight is 603 g/mol. The number of amides is 1. The number of ether oxygens (including phenoxy) is 3. The standard InChI is InChI=1S/C24H22BrCl2NO4S2/c1-2-30-20-10-15(8-17(25)22(20)32-13-14-5-6-18(26)19(27)9-14)11-21-23(29)28(24(33)34-21)12-16-4-3-7-31-16/h5-6,8-11,16H,2-4,7,12-13H2,1H3/b21-11-/t16-/m0/s1. The van der Waals surface area contributed by atoms with Crippen LogP contribution in [0.25, 0.3) is 6.08 Å². The van der Waals surface area contributed by atoms with Crippen molar-refractivity contribution in [3.05, 3.63) is 60.9 Å². The molecular weight excluding hydrogens is 581 g/mol. The van der Waals surface area contributed by atoms with Crippen LogP contribution in [0.5, 0.6) is 11.5 Å². The van der Waals surface area contributed by atoms with Gasteiger partial charge in [0.15, 0.2) is 11.5 Å². The maximum Gasteiger partial charge on any atom is 0.266 e. The molecule has 180 valence electrons. The fourth-order valence-electron chi connectivity index (χ4n) is 3.66. The van der Waals surface area contributed by atoms with Crippen molar-refractivity contribution in [1.29, 1.82) is 0 Å². The molecule has 2 saturated heterocycles. The second-order valence-electron chi connectivity index (χ2n) is 7.73. The van der Waals surface area contributed by atoms with Crippen molar-refractivity contribution in [1.82, 2.24) is 4.90 Å². The molecule has 0 unspecified atom stereocenters. The summed E-state index contributed by atoms with van der Waals surface area (Å²) in [5, 5.41) is 0.964. The highest BCUT2D eigenvalue weighted by Crippen LogP contribution is 2.40. The molecule has 10 heteroatoms. The van der Waals surface area contributed by atoms with Crippen molar-refractivity contribution < 1.29 is 19.0 Å². The smallest absolute Gasteiger partial charge is 0.266 e. The molecule has 2 aromatic carbocycles. The third-order valence-corrected chi connectivity index (χ3v) is 7.99. The largest absolute Gasteiger partial charge is 0.490 e. The maximum absolute atomic E-state index is 13.0. The number of thioether (sulfide) groups is 1. The molecule has 2 fully saturated rings. The highest BCUT2D eigenvalue weighted by Gasteiger charge is 2.34. The summed E-state index contributed by atoms with van der Waals surface area (Å²) in [6, 6.07) is 9.10. The Labute approximate surface area is 226 Å². The fraction of sp³-hybridized carbons (Fsp3) is 0.333. The van der Waals surface area contributed by atoms with Crippen LogP contribution in [-0.2, 0) is 16.1 Å². The molecule has 0 bridgehead atoms. The lowest BCUT2D eigenvalue weighted by atomic mass is 10.1. The Morgan fingerprint density at radius 1 is 1.26 bits per heavy atom. The van der Waals surface area contributed by atoms with Crippen molar-refractivity contribution >= 4 is 79.4 Å². The van der Waals surface area contributed by atoms with Crippen LogP contribution >= 0.6 is 63.1 Å². The minimum Gasteiger partial charge on any atom is -0.490 e. The van der Waals surface area contributed by atoms with Crippen LogP contribution in [0.15, 0.2) is 39.7 Å². The van der Waals surface area contributed by atoms with Crippen LogP contribution in [0.4, 0.5) is 0 Å².